The van der Waals surface area contributed by atoms with Crippen molar-refractivity contribution in [2.45, 2.75) is 46.2 Å². The van der Waals surface area contributed by atoms with Gasteiger partial charge >= 0.3 is 5.97 Å². The molecular formula is C28H33N3O6. The van der Waals surface area contributed by atoms with Crippen molar-refractivity contribution in [3.8, 4) is 5.75 Å². The summed E-state index contributed by atoms with van der Waals surface area (Å²) in [6, 6.07) is 14.1. The Bertz CT molecular complexity index is 1300. The molecule has 9 heteroatoms. The molecule has 3 rings (SSSR count). The van der Waals surface area contributed by atoms with Crippen molar-refractivity contribution < 1.29 is 28.7 Å². The van der Waals surface area contributed by atoms with Crippen LogP contribution < -0.4 is 15.8 Å². The third-order valence-corrected chi connectivity index (χ3v) is 6.47. The number of nitrogens with two attached hydrogens (primary N) is 1. The maximum Gasteiger partial charge on any atom is 0.328 e. The average molecular weight is 508 g/mol. The molecule has 0 radical (unpaired) electrons. The number of carbonyl (C=O) groups excluding carboxylic acids is 4. The summed E-state index contributed by atoms with van der Waals surface area (Å²) in [6.45, 7) is 5.70. The van der Waals surface area contributed by atoms with Crippen LogP contribution in [0.15, 0.2) is 48.5 Å². The number of amides is 2. The zero-order valence-electron chi connectivity index (χ0n) is 21.6. The molecule has 3 N–H and O–H groups in total. The molecular weight excluding hydrogens is 474 g/mol. The first kappa shape index (κ1) is 27.4. The Morgan fingerprint density at radius 1 is 1.03 bits per heavy atom. The number of ether oxygens (including phenoxy) is 2. The summed E-state index contributed by atoms with van der Waals surface area (Å²) >= 11 is 0. The van der Waals surface area contributed by atoms with Crippen LogP contribution >= 0.6 is 0 Å². The van der Waals surface area contributed by atoms with Crippen molar-refractivity contribution in [1.29, 1.82) is 0 Å². The molecule has 0 saturated heterocycles. The van der Waals surface area contributed by atoms with E-state index in [4.69, 9.17) is 15.2 Å². The van der Waals surface area contributed by atoms with E-state index in [-0.39, 0.29) is 17.2 Å². The largest absolute Gasteiger partial charge is 0.483 e. The first-order valence-electron chi connectivity index (χ1n) is 12.2. The minimum atomic E-state index is -1.07. The van der Waals surface area contributed by atoms with Gasteiger partial charge < -0.3 is 25.1 Å². The molecule has 0 bridgehead atoms. The van der Waals surface area contributed by atoms with Crippen molar-refractivity contribution in [2.24, 2.45) is 11.7 Å². The lowest BCUT2D eigenvalue weighted by atomic mass is 9.99. The fraction of sp³-hybridized carbons (Fsp3) is 0.357. The Balaban J connectivity index is 2.01. The maximum absolute atomic E-state index is 13.0. The zero-order chi connectivity index (χ0) is 27.1. The van der Waals surface area contributed by atoms with Crippen LogP contribution in [0.4, 0.5) is 0 Å². The molecule has 0 aliphatic rings. The van der Waals surface area contributed by atoms with Crippen LogP contribution in [0.25, 0.3) is 10.9 Å². The SMILES string of the molecule is CCc1c(C(=O)C(N)=O)c2c(OCC(=O)N[C@H](C(=O)OC)[C@@H](C)CC)cccc2n1Cc1ccccc1. The van der Waals surface area contributed by atoms with E-state index in [0.29, 0.717) is 36.0 Å². The van der Waals surface area contributed by atoms with Gasteiger partial charge in [-0.25, -0.2) is 4.79 Å². The van der Waals surface area contributed by atoms with E-state index in [9.17, 15) is 19.2 Å². The number of benzene rings is 2. The minimum absolute atomic E-state index is 0.140. The molecule has 0 unspecified atom stereocenters. The topological polar surface area (TPSA) is 130 Å². The average Bonchev–Trinajstić information content (AvgIpc) is 3.23. The summed E-state index contributed by atoms with van der Waals surface area (Å²) in [5.41, 5.74) is 7.91. The van der Waals surface area contributed by atoms with Crippen LogP contribution in [-0.2, 0) is 32.1 Å². The Labute approximate surface area is 215 Å². The van der Waals surface area contributed by atoms with Crippen molar-refractivity contribution in [1.82, 2.24) is 9.88 Å². The van der Waals surface area contributed by atoms with E-state index in [1.165, 1.54) is 7.11 Å². The number of aromatic nitrogens is 1. The van der Waals surface area contributed by atoms with Gasteiger partial charge in [-0.3, -0.25) is 14.4 Å². The maximum atomic E-state index is 13.0. The number of nitrogens with one attached hydrogen (secondary N) is 1. The third-order valence-electron chi connectivity index (χ3n) is 6.47. The van der Waals surface area contributed by atoms with Gasteiger partial charge in [0, 0.05) is 12.2 Å². The highest BCUT2D eigenvalue weighted by molar-refractivity contribution is 6.45. The highest BCUT2D eigenvalue weighted by Gasteiger charge is 2.29. The second-order valence-electron chi connectivity index (χ2n) is 8.83. The van der Waals surface area contributed by atoms with Gasteiger partial charge in [-0.2, -0.15) is 0 Å². The van der Waals surface area contributed by atoms with E-state index >= 15 is 0 Å². The number of primary amides is 1. The Hall–Kier alpha value is -4.14. The van der Waals surface area contributed by atoms with Gasteiger partial charge in [-0.15, -0.1) is 0 Å². The summed E-state index contributed by atoms with van der Waals surface area (Å²) < 4.78 is 12.6. The fourth-order valence-corrected chi connectivity index (χ4v) is 4.38. The Morgan fingerprint density at radius 2 is 1.73 bits per heavy atom. The lowest BCUT2D eigenvalue weighted by molar-refractivity contribution is -0.146. The van der Waals surface area contributed by atoms with Gasteiger partial charge in [-0.05, 0) is 30.0 Å². The van der Waals surface area contributed by atoms with Crippen molar-refractivity contribution in [3.05, 3.63) is 65.4 Å². The number of rotatable bonds is 12. The number of nitrogens with zero attached hydrogens (tertiary/aromatic N) is 1. The molecule has 2 aromatic carbocycles. The summed E-state index contributed by atoms with van der Waals surface area (Å²) in [5.74, 6) is -2.83. The molecule has 0 aliphatic heterocycles. The van der Waals surface area contributed by atoms with Crippen molar-refractivity contribution in [3.63, 3.8) is 0 Å². The van der Waals surface area contributed by atoms with E-state index in [1.807, 2.05) is 61.7 Å². The summed E-state index contributed by atoms with van der Waals surface area (Å²) in [5, 5.41) is 3.08. The van der Waals surface area contributed by atoms with Crippen LogP contribution in [0.1, 0.15) is 48.8 Å². The number of esters is 1. The normalized spacial score (nSPS) is 12.5. The van der Waals surface area contributed by atoms with E-state index in [0.717, 1.165) is 5.56 Å². The first-order valence-corrected chi connectivity index (χ1v) is 12.2. The van der Waals surface area contributed by atoms with Crippen LogP contribution in [0.3, 0.4) is 0 Å². The summed E-state index contributed by atoms with van der Waals surface area (Å²) in [6.07, 6.45) is 1.12. The molecule has 9 nitrogen and oxygen atoms in total. The Morgan fingerprint density at radius 3 is 2.32 bits per heavy atom. The monoisotopic (exact) mass is 507 g/mol. The van der Waals surface area contributed by atoms with Gasteiger partial charge in [0.2, 0.25) is 0 Å². The van der Waals surface area contributed by atoms with E-state index in [1.54, 1.807) is 12.1 Å². The third kappa shape index (κ3) is 5.99. The smallest absolute Gasteiger partial charge is 0.328 e. The number of methoxy groups -OCH3 is 1. The van der Waals surface area contributed by atoms with Crippen LogP contribution in [0.2, 0.25) is 0 Å². The number of ketones is 1. The van der Waals surface area contributed by atoms with Gasteiger partial charge in [0.1, 0.15) is 11.8 Å². The summed E-state index contributed by atoms with van der Waals surface area (Å²) in [4.78, 5) is 49.8. The predicted octanol–water partition coefficient (Wildman–Crippen LogP) is 3.00. The second-order valence-corrected chi connectivity index (χ2v) is 8.83. The van der Waals surface area contributed by atoms with Crippen molar-refractivity contribution in [2.75, 3.05) is 13.7 Å². The number of hydrogen-bond donors (Lipinski definition) is 2. The quantitative estimate of drug-likeness (QED) is 0.220. The fourth-order valence-electron chi connectivity index (χ4n) is 4.38. The van der Waals surface area contributed by atoms with Gasteiger partial charge in [0.25, 0.3) is 17.6 Å². The summed E-state index contributed by atoms with van der Waals surface area (Å²) in [7, 11) is 1.27. The van der Waals surface area contributed by atoms with E-state index < -0.39 is 36.2 Å². The zero-order valence-corrected chi connectivity index (χ0v) is 21.6. The Kier molecular flexibility index (Phi) is 9.05. The molecule has 1 aromatic heterocycles. The molecule has 0 fully saturated rings. The van der Waals surface area contributed by atoms with Crippen LogP contribution in [0, 0.1) is 5.92 Å². The molecule has 1 heterocycles. The van der Waals surface area contributed by atoms with Crippen molar-refractivity contribution >= 4 is 34.5 Å². The second kappa shape index (κ2) is 12.2. The molecule has 3 aromatic rings. The van der Waals surface area contributed by atoms with Gasteiger partial charge in [0.15, 0.2) is 6.61 Å². The lowest BCUT2D eigenvalue weighted by Crippen LogP contribution is -2.47. The predicted molar refractivity (Wildman–Crippen MR) is 139 cm³/mol. The first-order chi connectivity index (χ1) is 17.7. The van der Waals surface area contributed by atoms with Gasteiger partial charge in [-0.1, -0.05) is 63.6 Å². The van der Waals surface area contributed by atoms with E-state index in [2.05, 4.69) is 5.32 Å². The number of Topliss-reactive ketones (excluding diaryl/α,β-unsaturated/α-hetero) is 1. The number of carbonyl (C=O) groups is 4. The molecule has 0 spiro atoms. The molecule has 196 valence electrons. The van der Waals surface area contributed by atoms with Crippen LogP contribution in [0.5, 0.6) is 5.75 Å². The molecule has 2 amide bonds. The minimum Gasteiger partial charge on any atom is -0.483 e. The van der Waals surface area contributed by atoms with Crippen LogP contribution in [-0.4, -0.2) is 47.9 Å². The molecule has 2 atom stereocenters. The van der Waals surface area contributed by atoms with Gasteiger partial charge in [0.05, 0.1) is 23.6 Å². The molecule has 0 aliphatic carbocycles. The lowest BCUT2D eigenvalue weighted by Gasteiger charge is -2.21. The standard InChI is InChI=1S/C28H33N3O6/c1-5-17(3)25(28(35)36-4)30-22(32)16-37-21-14-10-13-20-23(21)24(26(33)27(29)34)19(6-2)31(20)15-18-11-8-7-9-12-18/h7-14,17,25H,5-6,15-16H2,1-4H3,(H2,29,34)(H,30,32)/t17-,25-/m0/s1. The number of hydrogen-bond acceptors (Lipinski definition) is 6. The highest BCUT2D eigenvalue weighted by atomic mass is 16.5. The molecule has 37 heavy (non-hydrogen) atoms. The highest BCUT2D eigenvalue weighted by Crippen LogP contribution is 2.35. The number of fused-ring (bicyclic) bond motifs is 1. The molecule has 0 saturated carbocycles.